The lowest BCUT2D eigenvalue weighted by atomic mass is 10.1. The predicted molar refractivity (Wildman–Crippen MR) is 143 cm³/mol. The SMILES string of the molecule is O=C(CC1C(=O)N(CCc2ccccc2)C(=S)N1Cc1ccccc1)Nc1ccc(I)cc1. The van der Waals surface area contributed by atoms with Crippen molar-refractivity contribution in [1.82, 2.24) is 9.80 Å². The molecule has 1 atom stereocenters. The van der Waals surface area contributed by atoms with Gasteiger partial charge in [0.15, 0.2) is 5.11 Å². The highest BCUT2D eigenvalue weighted by atomic mass is 127. The standard InChI is InChI=1S/C26H24IN3O2S/c27-21-11-13-22(14-12-21)28-24(31)17-23-25(32)29(16-15-19-7-3-1-4-8-19)26(33)30(23)18-20-9-5-2-6-10-20/h1-14,23H,15-18H2,(H,28,31). The van der Waals surface area contributed by atoms with Gasteiger partial charge in [0, 0.05) is 22.3 Å². The number of anilines is 1. The number of hydrogen-bond donors (Lipinski definition) is 1. The van der Waals surface area contributed by atoms with E-state index in [0.717, 1.165) is 14.7 Å². The Bertz CT molecular complexity index is 1120. The van der Waals surface area contributed by atoms with Gasteiger partial charge >= 0.3 is 0 Å². The molecule has 1 saturated heterocycles. The quantitative estimate of drug-likeness (QED) is 0.311. The molecule has 7 heteroatoms. The van der Waals surface area contributed by atoms with E-state index < -0.39 is 6.04 Å². The molecule has 3 aromatic rings. The second-order valence-electron chi connectivity index (χ2n) is 7.90. The Morgan fingerprint density at radius 2 is 1.52 bits per heavy atom. The van der Waals surface area contributed by atoms with Gasteiger partial charge in [0.2, 0.25) is 5.91 Å². The first-order valence-electron chi connectivity index (χ1n) is 10.8. The summed E-state index contributed by atoms with van der Waals surface area (Å²) in [6.07, 6.45) is 0.743. The maximum atomic E-state index is 13.4. The Morgan fingerprint density at radius 1 is 0.909 bits per heavy atom. The van der Waals surface area contributed by atoms with Gasteiger partial charge in [-0.05, 0) is 76.6 Å². The second kappa shape index (κ2) is 10.9. The molecular formula is C26H24IN3O2S. The number of carbonyl (C=O) groups excluding carboxylic acids is 2. The number of benzene rings is 3. The average molecular weight is 569 g/mol. The van der Waals surface area contributed by atoms with Crippen LogP contribution >= 0.6 is 34.8 Å². The summed E-state index contributed by atoms with van der Waals surface area (Å²) in [5.41, 5.74) is 2.90. The van der Waals surface area contributed by atoms with Crippen molar-refractivity contribution in [2.45, 2.75) is 25.4 Å². The molecule has 5 nitrogen and oxygen atoms in total. The molecule has 3 aromatic carbocycles. The van der Waals surface area contributed by atoms with Gasteiger partial charge in [0.1, 0.15) is 6.04 Å². The van der Waals surface area contributed by atoms with Gasteiger partial charge in [0.25, 0.3) is 5.91 Å². The van der Waals surface area contributed by atoms with Crippen LogP contribution in [0.1, 0.15) is 17.5 Å². The van der Waals surface area contributed by atoms with Crippen LogP contribution in [0, 0.1) is 3.57 Å². The first kappa shape index (κ1) is 23.4. The molecule has 33 heavy (non-hydrogen) atoms. The van der Waals surface area contributed by atoms with Crippen LogP contribution in [0.15, 0.2) is 84.9 Å². The number of rotatable bonds is 8. The van der Waals surface area contributed by atoms with Gasteiger partial charge in [-0.3, -0.25) is 14.5 Å². The Hall–Kier alpha value is -2.78. The van der Waals surface area contributed by atoms with Crippen LogP contribution in [0.4, 0.5) is 5.69 Å². The summed E-state index contributed by atoms with van der Waals surface area (Å²) in [4.78, 5) is 29.7. The summed E-state index contributed by atoms with van der Waals surface area (Å²) in [5.74, 6) is -0.329. The molecule has 1 fully saturated rings. The molecule has 0 aromatic heterocycles. The third-order valence-electron chi connectivity index (χ3n) is 5.57. The van der Waals surface area contributed by atoms with E-state index in [9.17, 15) is 9.59 Å². The van der Waals surface area contributed by atoms with Gasteiger partial charge in [-0.25, -0.2) is 0 Å². The highest BCUT2D eigenvalue weighted by Crippen LogP contribution is 2.24. The average Bonchev–Trinajstić information content (AvgIpc) is 3.04. The molecular weight excluding hydrogens is 545 g/mol. The Balaban J connectivity index is 1.50. The fourth-order valence-electron chi connectivity index (χ4n) is 3.86. The molecule has 2 amide bonds. The highest BCUT2D eigenvalue weighted by molar-refractivity contribution is 14.1. The summed E-state index contributed by atoms with van der Waals surface area (Å²) in [6, 6.07) is 26.8. The number of nitrogens with zero attached hydrogens (tertiary/aromatic N) is 2. The molecule has 1 aliphatic heterocycles. The zero-order valence-corrected chi connectivity index (χ0v) is 21.0. The number of thiocarbonyl (C=S) groups is 1. The molecule has 1 N–H and O–H groups in total. The fraction of sp³-hybridized carbons (Fsp3) is 0.192. The molecule has 0 aliphatic carbocycles. The van der Waals surface area contributed by atoms with Gasteiger partial charge < -0.3 is 10.2 Å². The van der Waals surface area contributed by atoms with E-state index in [4.69, 9.17) is 12.2 Å². The molecule has 1 unspecified atom stereocenters. The lowest BCUT2D eigenvalue weighted by Gasteiger charge is -2.24. The lowest BCUT2D eigenvalue weighted by molar-refractivity contribution is -0.130. The molecule has 0 spiro atoms. The van der Waals surface area contributed by atoms with Crippen molar-refractivity contribution in [1.29, 1.82) is 0 Å². The summed E-state index contributed by atoms with van der Waals surface area (Å²) in [5, 5.41) is 3.38. The van der Waals surface area contributed by atoms with Crippen molar-refractivity contribution >= 4 is 57.4 Å². The van der Waals surface area contributed by atoms with Crippen molar-refractivity contribution in [3.63, 3.8) is 0 Å². The van der Waals surface area contributed by atoms with E-state index in [2.05, 4.69) is 27.9 Å². The van der Waals surface area contributed by atoms with E-state index in [1.54, 1.807) is 4.90 Å². The summed E-state index contributed by atoms with van der Waals surface area (Å²) in [7, 11) is 0. The molecule has 1 heterocycles. The van der Waals surface area contributed by atoms with E-state index in [1.165, 1.54) is 0 Å². The first-order chi connectivity index (χ1) is 16.0. The maximum absolute atomic E-state index is 13.4. The van der Waals surface area contributed by atoms with Gasteiger partial charge in [0.05, 0.1) is 6.42 Å². The van der Waals surface area contributed by atoms with Crippen LogP contribution in [0.2, 0.25) is 0 Å². The van der Waals surface area contributed by atoms with Crippen LogP contribution in [0.3, 0.4) is 0 Å². The Kier molecular flexibility index (Phi) is 7.72. The minimum Gasteiger partial charge on any atom is -0.332 e. The van der Waals surface area contributed by atoms with Crippen molar-refractivity contribution in [2.75, 3.05) is 11.9 Å². The molecule has 0 saturated carbocycles. The summed E-state index contributed by atoms with van der Waals surface area (Å²) in [6.45, 7) is 0.969. The normalized spacial score (nSPS) is 15.7. The van der Waals surface area contributed by atoms with Crippen molar-refractivity contribution in [2.24, 2.45) is 0 Å². The summed E-state index contributed by atoms with van der Waals surface area (Å²) >= 11 is 7.94. The maximum Gasteiger partial charge on any atom is 0.252 e. The zero-order chi connectivity index (χ0) is 23.2. The molecule has 0 bridgehead atoms. The van der Waals surface area contributed by atoms with E-state index >= 15 is 0 Å². The van der Waals surface area contributed by atoms with Crippen LogP contribution < -0.4 is 5.32 Å². The molecule has 1 aliphatic rings. The van der Waals surface area contributed by atoms with Crippen molar-refractivity contribution in [3.05, 3.63) is 99.6 Å². The minimum atomic E-state index is -0.627. The number of halogens is 1. The zero-order valence-electron chi connectivity index (χ0n) is 18.0. The number of amides is 2. The fourth-order valence-corrected chi connectivity index (χ4v) is 4.60. The van der Waals surface area contributed by atoms with Crippen molar-refractivity contribution in [3.8, 4) is 0 Å². The largest absolute Gasteiger partial charge is 0.332 e. The number of nitrogens with one attached hydrogen (secondary N) is 1. The topological polar surface area (TPSA) is 52.7 Å². The van der Waals surface area contributed by atoms with Crippen molar-refractivity contribution < 1.29 is 9.59 Å². The highest BCUT2D eigenvalue weighted by Gasteiger charge is 2.43. The van der Waals surface area contributed by atoms with E-state index in [1.807, 2.05) is 89.8 Å². The monoisotopic (exact) mass is 569 g/mol. The number of carbonyl (C=O) groups is 2. The molecule has 0 radical (unpaired) electrons. The smallest absolute Gasteiger partial charge is 0.252 e. The van der Waals surface area contributed by atoms with Gasteiger partial charge in [-0.2, -0.15) is 0 Å². The number of hydrogen-bond acceptors (Lipinski definition) is 3. The first-order valence-corrected chi connectivity index (χ1v) is 12.3. The predicted octanol–water partition coefficient (Wildman–Crippen LogP) is 4.86. The van der Waals surface area contributed by atoms with Gasteiger partial charge in [-0.1, -0.05) is 60.7 Å². The van der Waals surface area contributed by atoms with Crippen LogP contribution in [0.5, 0.6) is 0 Å². The Labute approximate surface area is 212 Å². The summed E-state index contributed by atoms with van der Waals surface area (Å²) < 4.78 is 1.09. The second-order valence-corrected chi connectivity index (χ2v) is 9.51. The molecule has 4 rings (SSSR count). The molecule has 168 valence electrons. The van der Waals surface area contributed by atoms with E-state index in [0.29, 0.717) is 30.3 Å². The van der Waals surface area contributed by atoms with E-state index in [-0.39, 0.29) is 18.2 Å². The van der Waals surface area contributed by atoms with Crippen LogP contribution in [-0.2, 0) is 22.6 Å². The third kappa shape index (κ3) is 5.97. The van der Waals surface area contributed by atoms with Gasteiger partial charge in [-0.15, -0.1) is 0 Å². The lowest BCUT2D eigenvalue weighted by Crippen LogP contribution is -2.37. The van der Waals surface area contributed by atoms with Crippen LogP contribution in [-0.4, -0.2) is 39.3 Å². The minimum absolute atomic E-state index is 0.0413. The third-order valence-corrected chi connectivity index (χ3v) is 6.75. The Morgan fingerprint density at radius 3 is 2.15 bits per heavy atom. The van der Waals surface area contributed by atoms with Crippen LogP contribution in [0.25, 0.3) is 0 Å².